The number of nitrogens with two attached hydrogens (primary N) is 1. The van der Waals surface area contributed by atoms with Crippen LogP contribution < -0.4 is 5.73 Å². The minimum atomic E-state index is -0.336. The summed E-state index contributed by atoms with van der Waals surface area (Å²) in [4.78, 5) is 22.0. The maximum Gasteiger partial charge on any atom is 0.258 e. The van der Waals surface area contributed by atoms with Gasteiger partial charge in [0.25, 0.3) is 5.91 Å². The molecule has 0 spiro atoms. The molecule has 0 saturated heterocycles. The summed E-state index contributed by atoms with van der Waals surface area (Å²) in [5.74, 6) is -0.557. The van der Waals surface area contributed by atoms with Gasteiger partial charge in [0.15, 0.2) is 0 Å². The molecule has 0 atom stereocenters. The summed E-state index contributed by atoms with van der Waals surface area (Å²) in [6.07, 6.45) is 5.79. The number of halogens is 2. The first-order valence-electron chi connectivity index (χ1n) is 10.4. The fourth-order valence-electron chi connectivity index (χ4n) is 2.63. The van der Waals surface area contributed by atoms with Crippen molar-refractivity contribution in [1.82, 2.24) is 9.88 Å². The summed E-state index contributed by atoms with van der Waals surface area (Å²) in [6.45, 7) is 9.31. The molecule has 1 aromatic carbocycles. The third-order valence-corrected chi connectivity index (χ3v) is 5.25. The highest BCUT2D eigenvalue weighted by atomic mass is 35.5. The van der Waals surface area contributed by atoms with Crippen molar-refractivity contribution in [3.8, 4) is 0 Å². The Bertz CT molecular complexity index is 999. The van der Waals surface area contributed by atoms with Crippen molar-refractivity contribution in [1.29, 1.82) is 5.41 Å². The highest BCUT2D eigenvalue weighted by molar-refractivity contribution is 7.16. The largest absolute Gasteiger partial charge is 0.404 e. The average molecular weight is 480 g/mol. The van der Waals surface area contributed by atoms with Crippen LogP contribution in [-0.2, 0) is 4.79 Å². The van der Waals surface area contributed by atoms with Crippen LogP contribution in [-0.4, -0.2) is 40.3 Å². The van der Waals surface area contributed by atoms with E-state index in [1.165, 1.54) is 29.4 Å². The molecule has 0 saturated carbocycles. The Morgan fingerprint density at radius 3 is 2.66 bits per heavy atom. The maximum absolute atomic E-state index is 12.8. The van der Waals surface area contributed by atoms with E-state index in [2.05, 4.69) is 23.8 Å². The van der Waals surface area contributed by atoms with Crippen LogP contribution in [0.1, 0.15) is 47.0 Å². The molecular weight excluding hydrogens is 449 g/mol. The second-order valence-corrected chi connectivity index (χ2v) is 8.23. The standard InChI is InChI=1S/C13H19ClN4O.C7H4FNS.C3H8/c1-3-5-17-11-8-18(6-4-9(11)2)13(19)10(7-15)12(14)16;8-5-2-1-3-6-7(5)9-4-10-6;1-3-2/h5,7,16H,3-4,6,8,15H2,1-2H3;1-4H;3H2,1-2H3/b10-7+,16-12?,17-5?;;. The number of amides is 1. The van der Waals surface area contributed by atoms with Gasteiger partial charge in [0.05, 0.1) is 28.0 Å². The van der Waals surface area contributed by atoms with Crippen molar-refractivity contribution in [2.45, 2.75) is 47.0 Å². The van der Waals surface area contributed by atoms with Crippen LogP contribution in [0, 0.1) is 11.2 Å². The Labute approximate surface area is 198 Å². The molecule has 0 bridgehead atoms. The molecule has 6 nitrogen and oxygen atoms in total. The van der Waals surface area contributed by atoms with Gasteiger partial charge in [-0.15, -0.1) is 11.3 Å². The van der Waals surface area contributed by atoms with E-state index in [0.717, 1.165) is 29.4 Å². The number of para-hydroxylation sites is 1. The summed E-state index contributed by atoms with van der Waals surface area (Å²) in [7, 11) is 0. The van der Waals surface area contributed by atoms with Crippen LogP contribution in [0.2, 0.25) is 0 Å². The predicted octanol–water partition coefficient (Wildman–Crippen LogP) is 5.88. The van der Waals surface area contributed by atoms with Crippen LogP contribution in [0.5, 0.6) is 0 Å². The van der Waals surface area contributed by atoms with Crippen molar-refractivity contribution in [2.24, 2.45) is 10.7 Å². The van der Waals surface area contributed by atoms with Gasteiger partial charge in [0.2, 0.25) is 0 Å². The van der Waals surface area contributed by atoms with Gasteiger partial charge in [-0.25, -0.2) is 9.37 Å². The van der Waals surface area contributed by atoms with Gasteiger partial charge in [0, 0.05) is 19.0 Å². The van der Waals surface area contributed by atoms with E-state index < -0.39 is 0 Å². The van der Waals surface area contributed by atoms with Crippen LogP contribution >= 0.6 is 22.9 Å². The third kappa shape index (κ3) is 8.16. The number of hydrogen-bond donors (Lipinski definition) is 2. The monoisotopic (exact) mass is 479 g/mol. The van der Waals surface area contributed by atoms with E-state index in [1.54, 1.807) is 16.5 Å². The second kappa shape index (κ2) is 14.5. The molecule has 0 unspecified atom stereocenters. The quantitative estimate of drug-likeness (QED) is 0.423. The van der Waals surface area contributed by atoms with Crippen molar-refractivity contribution in [3.63, 3.8) is 0 Å². The Morgan fingerprint density at radius 2 is 2.09 bits per heavy atom. The molecule has 2 heterocycles. The second-order valence-electron chi connectivity index (χ2n) is 6.96. The molecule has 174 valence electrons. The predicted molar refractivity (Wildman–Crippen MR) is 134 cm³/mol. The van der Waals surface area contributed by atoms with E-state index >= 15 is 0 Å². The molecule has 0 radical (unpaired) electrons. The Hall–Kier alpha value is -2.58. The number of nitrogens with one attached hydrogen (secondary N) is 1. The lowest BCUT2D eigenvalue weighted by Gasteiger charge is -2.28. The lowest BCUT2D eigenvalue weighted by Crippen LogP contribution is -2.38. The van der Waals surface area contributed by atoms with Gasteiger partial charge in [-0.1, -0.05) is 44.9 Å². The van der Waals surface area contributed by atoms with E-state index in [1.807, 2.05) is 26.1 Å². The summed E-state index contributed by atoms with van der Waals surface area (Å²) in [6, 6.07) is 4.97. The molecule has 1 aliphatic heterocycles. The number of thiazole rings is 1. The van der Waals surface area contributed by atoms with E-state index in [9.17, 15) is 9.18 Å². The number of hydrogen-bond acceptors (Lipinski definition) is 6. The molecule has 1 aromatic heterocycles. The SMILES string of the molecule is CCC.CCC=NC1=C(C)CCN(C(=O)/C(=C/N)C(=N)Cl)C1.Fc1cccc2scnc12. The van der Waals surface area contributed by atoms with Gasteiger partial charge < -0.3 is 10.6 Å². The van der Waals surface area contributed by atoms with Crippen molar-refractivity contribution >= 4 is 50.4 Å². The molecule has 2 aromatic rings. The fourth-order valence-corrected chi connectivity index (χ4v) is 3.46. The number of carbonyl (C=O) groups excluding carboxylic acids is 1. The summed E-state index contributed by atoms with van der Waals surface area (Å²) in [5, 5.41) is 6.99. The van der Waals surface area contributed by atoms with Crippen LogP contribution in [0.4, 0.5) is 4.39 Å². The number of carbonyl (C=O) groups is 1. The number of rotatable bonds is 4. The number of benzene rings is 1. The van der Waals surface area contributed by atoms with Crippen molar-refractivity contribution in [2.75, 3.05) is 13.1 Å². The molecule has 32 heavy (non-hydrogen) atoms. The van der Waals surface area contributed by atoms with E-state index in [-0.39, 0.29) is 22.5 Å². The molecule has 3 rings (SSSR count). The van der Waals surface area contributed by atoms with Crippen LogP contribution in [0.15, 0.2) is 51.7 Å². The molecule has 1 aliphatic rings. The van der Waals surface area contributed by atoms with Crippen molar-refractivity contribution < 1.29 is 9.18 Å². The first-order chi connectivity index (χ1) is 15.3. The van der Waals surface area contributed by atoms with Crippen molar-refractivity contribution in [3.05, 3.63) is 52.6 Å². The number of fused-ring (bicyclic) bond motifs is 1. The zero-order valence-corrected chi connectivity index (χ0v) is 20.6. The molecule has 1 amide bonds. The highest BCUT2D eigenvalue weighted by Crippen LogP contribution is 2.21. The molecule has 9 heteroatoms. The fraction of sp³-hybridized carbons (Fsp3) is 0.391. The first-order valence-corrected chi connectivity index (χ1v) is 11.7. The highest BCUT2D eigenvalue weighted by Gasteiger charge is 2.24. The minimum Gasteiger partial charge on any atom is -0.404 e. The number of aromatic nitrogens is 1. The maximum atomic E-state index is 12.8. The summed E-state index contributed by atoms with van der Waals surface area (Å²) < 4.78 is 13.7. The van der Waals surface area contributed by atoms with Gasteiger partial charge in [0.1, 0.15) is 16.5 Å². The minimum absolute atomic E-state index is 0.0278. The first kappa shape index (κ1) is 27.5. The van der Waals surface area contributed by atoms with Crippen LogP contribution in [0.25, 0.3) is 10.2 Å². The third-order valence-electron chi connectivity index (χ3n) is 4.25. The smallest absolute Gasteiger partial charge is 0.258 e. The Balaban J connectivity index is 0.000000325. The Kier molecular flexibility index (Phi) is 12.4. The lowest BCUT2D eigenvalue weighted by molar-refractivity contribution is -0.126. The summed E-state index contributed by atoms with van der Waals surface area (Å²) in [5.41, 5.74) is 9.59. The topological polar surface area (TPSA) is 95.4 Å². The number of nitrogens with zero attached hydrogens (tertiary/aromatic N) is 3. The van der Waals surface area contributed by atoms with Gasteiger partial charge in [-0.2, -0.15) is 0 Å². The molecule has 3 N–H and O–H groups in total. The normalized spacial score (nSPS) is 14.1. The van der Waals surface area contributed by atoms with E-state index in [4.69, 9.17) is 22.7 Å². The average Bonchev–Trinajstić information content (AvgIpc) is 3.25. The Morgan fingerprint density at radius 1 is 1.41 bits per heavy atom. The van der Waals surface area contributed by atoms with E-state index in [0.29, 0.717) is 18.6 Å². The molecule has 0 aliphatic carbocycles. The van der Waals surface area contributed by atoms with Gasteiger partial charge in [-0.3, -0.25) is 15.2 Å². The molecular formula is C23H31ClFN5OS. The number of aliphatic imine (C=N–C) groups is 1. The zero-order valence-electron chi connectivity index (χ0n) is 19.0. The van der Waals surface area contributed by atoms with Gasteiger partial charge in [-0.05, 0) is 37.5 Å². The van der Waals surface area contributed by atoms with Crippen LogP contribution in [0.3, 0.4) is 0 Å². The molecule has 0 fully saturated rings. The lowest BCUT2D eigenvalue weighted by atomic mass is 10.1. The summed E-state index contributed by atoms with van der Waals surface area (Å²) >= 11 is 7.00. The zero-order chi connectivity index (χ0) is 24.1. The van der Waals surface area contributed by atoms with Gasteiger partial charge >= 0.3 is 0 Å².